The van der Waals surface area contributed by atoms with Crippen molar-refractivity contribution in [2.45, 2.75) is 63.7 Å². The van der Waals surface area contributed by atoms with Gasteiger partial charge in [0, 0.05) is 43.2 Å². The summed E-state index contributed by atoms with van der Waals surface area (Å²) in [6.07, 6.45) is 1.59. The van der Waals surface area contributed by atoms with Crippen molar-refractivity contribution in [3.8, 4) is 11.5 Å². The molecule has 4 aromatic rings. The summed E-state index contributed by atoms with van der Waals surface area (Å²) >= 11 is 0. The van der Waals surface area contributed by atoms with Crippen molar-refractivity contribution in [2.24, 2.45) is 0 Å². The van der Waals surface area contributed by atoms with Gasteiger partial charge in [-0.15, -0.1) is 0 Å². The Morgan fingerprint density at radius 3 is 1.42 bits per heavy atom. The zero-order valence-electron chi connectivity index (χ0n) is 36.6. The predicted molar refractivity (Wildman–Crippen MR) is 237 cm³/mol. The minimum atomic E-state index is -1.21. The summed E-state index contributed by atoms with van der Waals surface area (Å²) in [5.41, 5.74) is 21.6. The normalized spacial score (nSPS) is 15.2. The molecule has 0 bridgehead atoms. The summed E-state index contributed by atoms with van der Waals surface area (Å²) in [6.45, 7) is 14.3. The molecule has 4 atom stereocenters. The van der Waals surface area contributed by atoms with E-state index in [0.717, 1.165) is 22.3 Å². The molecule has 3 heterocycles. The molecular formula is C50H51N5O14. The average molecular weight is 946 g/mol. The number of Topliss-reactive ketones (excluding diaryl/α,β-unsaturated/α-hetero) is 4. The predicted octanol–water partition coefficient (Wildman–Crippen LogP) is -4.41. The number of fused-ring (bicyclic) bond motifs is 4. The van der Waals surface area contributed by atoms with Crippen molar-refractivity contribution in [3.05, 3.63) is 172 Å². The van der Waals surface area contributed by atoms with E-state index in [9.17, 15) is 58.8 Å². The highest BCUT2D eigenvalue weighted by Gasteiger charge is 2.28. The van der Waals surface area contributed by atoms with E-state index < -0.39 is 48.0 Å². The Hall–Kier alpha value is -8.36. The van der Waals surface area contributed by atoms with Crippen LogP contribution >= 0.6 is 0 Å². The number of ether oxygens (including phenoxy) is 2. The Kier molecular flexibility index (Phi) is 17.3. The van der Waals surface area contributed by atoms with Crippen LogP contribution in [-0.2, 0) is 51.3 Å². The number of carbonyl (C=O) groups is 8. The SMILES string of the molecule is C.C=C1Cc2ccc(C[C@H]([NH3+])C(=O)[O-])cc2C1=O.C=C1Nc2cc(C[C@H]([NH3+])C(=O)[O-])ccc2C1=O.C=C1Oc2cc(C[C@H]([NH3+])C(=O)[O-])ccc2C1=O.C=C1Oc2ccc(C[C@H]([NH3+])C(=O)[O-])cc2C1=O. The summed E-state index contributed by atoms with van der Waals surface area (Å²) in [5, 5.41) is 45.2. The molecule has 0 radical (unpaired) electrons. The number of carbonyl (C=O) groups excluding carboxylic acids is 8. The van der Waals surface area contributed by atoms with Gasteiger partial charge in [0.15, 0.2) is 17.3 Å². The minimum Gasteiger partial charge on any atom is -0.544 e. The van der Waals surface area contributed by atoms with Gasteiger partial charge >= 0.3 is 0 Å². The highest BCUT2D eigenvalue weighted by Crippen LogP contribution is 2.33. The molecule has 3 aliphatic heterocycles. The first-order valence-corrected chi connectivity index (χ1v) is 20.7. The molecule has 0 saturated heterocycles. The Balaban J connectivity index is 0.000000199. The number of rotatable bonds is 12. The average Bonchev–Trinajstić information content (AvgIpc) is 3.94. The molecule has 0 aromatic heterocycles. The summed E-state index contributed by atoms with van der Waals surface area (Å²) in [7, 11) is 0. The number of quaternary nitrogens is 4. The lowest BCUT2D eigenvalue weighted by Gasteiger charge is -2.10. The highest BCUT2D eigenvalue weighted by atomic mass is 16.5. The van der Waals surface area contributed by atoms with Gasteiger partial charge in [-0.05, 0) is 75.9 Å². The molecule has 360 valence electrons. The van der Waals surface area contributed by atoms with Crippen molar-refractivity contribution in [1.29, 1.82) is 0 Å². The van der Waals surface area contributed by atoms with Crippen LogP contribution in [0.4, 0.5) is 5.69 Å². The Labute approximate surface area is 395 Å². The van der Waals surface area contributed by atoms with Crippen molar-refractivity contribution < 1.29 is 91.2 Å². The van der Waals surface area contributed by atoms with E-state index in [4.69, 9.17) is 9.47 Å². The lowest BCUT2D eigenvalue weighted by molar-refractivity contribution is -0.437. The lowest BCUT2D eigenvalue weighted by Crippen LogP contribution is -2.69. The zero-order chi connectivity index (χ0) is 50.3. The largest absolute Gasteiger partial charge is 0.544 e. The molecule has 19 nitrogen and oxygen atoms in total. The van der Waals surface area contributed by atoms with E-state index in [2.05, 4.69) is 54.6 Å². The van der Waals surface area contributed by atoms with Crippen LogP contribution in [0.25, 0.3) is 0 Å². The van der Waals surface area contributed by atoms with Crippen LogP contribution in [0, 0.1) is 0 Å². The molecule has 1 aliphatic carbocycles. The van der Waals surface area contributed by atoms with E-state index in [1.165, 1.54) is 0 Å². The summed E-state index contributed by atoms with van der Waals surface area (Å²) < 4.78 is 10.3. The molecule has 69 heavy (non-hydrogen) atoms. The van der Waals surface area contributed by atoms with Crippen molar-refractivity contribution in [1.82, 2.24) is 0 Å². The number of hydrogen-bond donors (Lipinski definition) is 5. The number of nitrogens with one attached hydrogen (secondary N) is 1. The molecule has 4 aliphatic rings. The Morgan fingerprint density at radius 1 is 0.507 bits per heavy atom. The van der Waals surface area contributed by atoms with Gasteiger partial charge in [-0.25, -0.2) is 0 Å². The van der Waals surface area contributed by atoms with Crippen molar-refractivity contribution >= 4 is 52.7 Å². The molecule has 0 unspecified atom stereocenters. The van der Waals surface area contributed by atoms with Gasteiger partial charge in [-0.3, -0.25) is 19.2 Å². The van der Waals surface area contributed by atoms with Gasteiger partial charge in [0.25, 0.3) is 0 Å². The second kappa shape index (κ2) is 22.4. The smallest absolute Gasteiger partial charge is 0.231 e. The molecular weight excluding hydrogens is 895 g/mol. The number of carboxylic acids is 4. The van der Waals surface area contributed by atoms with Crippen LogP contribution in [-0.4, -0.2) is 71.2 Å². The number of hydrogen-bond acceptors (Lipinski definition) is 15. The van der Waals surface area contributed by atoms with E-state index in [0.29, 0.717) is 62.7 Å². The van der Waals surface area contributed by atoms with E-state index in [1.54, 1.807) is 60.7 Å². The summed E-state index contributed by atoms with van der Waals surface area (Å²) in [4.78, 5) is 88.7. The molecule has 4 aromatic carbocycles. The molecule has 8 rings (SSSR count). The van der Waals surface area contributed by atoms with Gasteiger partial charge in [0.05, 0.1) is 46.4 Å². The lowest BCUT2D eigenvalue weighted by atomic mass is 10.0. The van der Waals surface area contributed by atoms with Gasteiger partial charge < -0.3 is 77.3 Å². The third-order valence-electron chi connectivity index (χ3n) is 10.8. The quantitative estimate of drug-likeness (QED) is 0.0838. The molecule has 0 fully saturated rings. The van der Waals surface area contributed by atoms with Crippen LogP contribution in [0.5, 0.6) is 11.5 Å². The number of anilines is 1. The zero-order valence-corrected chi connectivity index (χ0v) is 36.6. The van der Waals surface area contributed by atoms with Crippen LogP contribution in [0.1, 0.15) is 76.7 Å². The van der Waals surface area contributed by atoms with Crippen molar-refractivity contribution in [2.75, 3.05) is 5.32 Å². The van der Waals surface area contributed by atoms with E-state index in [-0.39, 0.29) is 67.8 Å². The van der Waals surface area contributed by atoms with Gasteiger partial charge in [0.2, 0.25) is 17.3 Å². The van der Waals surface area contributed by atoms with Gasteiger partial charge in [0.1, 0.15) is 35.7 Å². The third-order valence-corrected chi connectivity index (χ3v) is 10.8. The monoisotopic (exact) mass is 945 g/mol. The molecule has 13 N–H and O–H groups in total. The Bertz CT molecular complexity index is 2650. The fourth-order valence-electron chi connectivity index (χ4n) is 7.08. The first-order valence-electron chi connectivity index (χ1n) is 20.7. The fourth-order valence-corrected chi connectivity index (χ4v) is 7.08. The molecule has 0 spiro atoms. The van der Waals surface area contributed by atoms with Gasteiger partial charge in [-0.1, -0.05) is 64.1 Å². The molecule has 19 heteroatoms. The third kappa shape index (κ3) is 13.0. The number of benzene rings is 4. The van der Waals surface area contributed by atoms with Crippen molar-refractivity contribution in [3.63, 3.8) is 0 Å². The highest BCUT2D eigenvalue weighted by molar-refractivity contribution is 6.18. The second-order valence-electron chi connectivity index (χ2n) is 16.2. The summed E-state index contributed by atoms with van der Waals surface area (Å²) in [6, 6.07) is 17.1. The van der Waals surface area contributed by atoms with E-state index in [1.807, 2.05) is 12.1 Å². The second-order valence-corrected chi connectivity index (χ2v) is 16.2. The summed E-state index contributed by atoms with van der Waals surface area (Å²) in [5.74, 6) is -4.40. The van der Waals surface area contributed by atoms with Crippen LogP contribution in [0.2, 0.25) is 0 Å². The maximum atomic E-state index is 11.7. The van der Waals surface area contributed by atoms with Crippen LogP contribution in [0.15, 0.2) is 122 Å². The van der Waals surface area contributed by atoms with Crippen LogP contribution < -0.4 is 58.2 Å². The van der Waals surface area contributed by atoms with Crippen LogP contribution in [0.3, 0.4) is 0 Å². The van der Waals surface area contributed by atoms with Gasteiger partial charge in [-0.2, -0.15) is 0 Å². The first-order chi connectivity index (χ1) is 31.9. The minimum absolute atomic E-state index is 0. The fraction of sp³-hybridized carbons (Fsp3) is 0.200. The number of carboxylic acid groups (broad SMARTS) is 4. The molecule has 0 amide bonds. The number of ketones is 4. The number of allylic oxidation sites excluding steroid dienone is 4. The maximum Gasteiger partial charge on any atom is 0.231 e. The topological polar surface area (TPSA) is 370 Å². The molecule has 0 saturated carbocycles. The standard InChI is InChI=1S/C13H13NO3.C12H12N2O3.2C12H11NO4.CH4/c1-7-4-9-3-2-8(5-10(9)12(7)15)6-11(14)13(16)17;1-6-11(15)8-3-2-7(5-10(8)14-6)4-9(13)12(16)17;1-6-11(14)8-4-7(2-3-10(8)17-6)5-9(13)12(15)16;1-6-11(14)8-3-2-7(5-10(8)17-6)4-9(13)12(15)16;/h2-3,5,11H,1,4,6,14H2,(H,16,17);2-3,5,9,14H,1,4,13H2,(H,16,17);2-4,9H,1,5,13H2,(H,15,16);2-3,5,9H,1,4,13H2,(H,15,16);1H4/t11-;3*9-;/m0000./s1. The van der Waals surface area contributed by atoms with E-state index >= 15 is 0 Å². The number of aliphatic carboxylic acids is 4. The maximum absolute atomic E-state index is 11.7. The Morgan fingerprint density at radius 2 is 0.913 bits per heavy atom. The first kappa shape index (κ1) is 53.3.